The molecule has 3 rings (SSSR count). The first kappa shape index (κ1) is 14.3. The summed E-state index contributed by atoms with van der Waals surface area (Å²) in [5.41, 5.74) is 3.69. The van der Waals surface area contributed by atoms with Gasteiger partial charge in [0.15, 0.2) is 0 Å². The van der Waals surface area contributed by atoms with E-state index in [-0.39, 0.29) is 6.04 Å². The van der Waals surface area contributed by atoms with Crippen LogP contribution in [0.15, 0.2) is 96.0 Å². The third-order valence-corrected chi connectivity index (χ3v) is 3.66. The standard InChI is InChI=1S/C21H19N/c1-4-10-18(11-5-1)16-21(20-14-8-3-9-15-20)22-17-19-12-6-2-7-13-19/h1-15,17,21H,16H2. The van der Waals surface area contributed by atoms with E-state index in [0.717, 1.165) is 12.0 Å². The van der Waals surface area contributed by atoms with Gasteiger partial charge in [0.2, 0.25) is 0 Å². The van der Waals surface area contributed by atoms with Gasteiger partial charge in [-0.2, -0.15) is 0 Å². The fourth-order valence-corrected chi connectivity index (χ4v) is 2.48. The third-order valence-electron chi connectivity index (χ3n) is 3.66. The maximum Gasteiger partial charge on any atom is 0.0789 e. The van der Waals surface area contributed by atoms with E-state index < -0.39 is 0 Å². The van der Waals surface area contributed by atoms with E-state index >= 15 is 0 Å². The maximum atomic E-state index is 4.83. The van der Waals surface area contributed by atoms with Crippen LogP contribution in [0.1, 0.15) is 22.7 Å². The highest BCUT2D eigenvalue weighted by atomic mass is 14.8. The normalized spacial score (nSPS) is 12.4. The Morgan fingerprint density at radius 3 is 1.86 bits per heavy atom. The molecule has 3 aromatic rings. The third kappa shape index (κ3) is 3.92. The zero-order valence-electron chi connectivity index (χ0n) is 12.5. The molecule has 0 aliphatic carbocycles. The summed E-state index contributed by atoms with van der Waals surface area (Å²) in [6.45, 7) is 0. The highest BCUT2D eigenvalue weighted by Gasteiger charge is 2.09. The molecule has 0 aromatic heterocycles. The molecule has 1 heteroatoms. The number of rotatable bonds is 5. The van der Waals surface area contributed by atoms with Crippen molar-refractivity contribution >= 4 is 6.21 Å². The van der Waals surface area contributed by atoms with Crippen LogP contribution in [0, 0.1) is 0 Å². The summed E-state index contributed by atoms with van der Waals surface area (Å²) in [5.74, 6) is 0. The number of hydrogen-bond acceptors (Lipinski definition) is 1. The Balaban J connectivity index is 1.85. The van der Waals surface area contributed by atoms with Crippen molar-refractivity contribution in [1.82, 2.24) is 0 Å². The van der Waals surface area contributed by atoms with Gasteiger partial charge in [0.25, 0.3) is 0 Å². The maximum absolute atomic E-state index is 4.83. The molecule has 0 N–H and O–H groups in total. The van der Waals surface area contributed by atoms with E-state index in [0.29, 0.717) is 0 Å². The number of nitrogens with zero attached hydrogens (tertiary/aromatic N) is 1. The average Bonchev–Trinajstić information content (AvgIpc) is 2.61. The summed E-state index contributed by atoms with van der Waals surface area (Å²) < 4.78 is 0. The van der Waals surface area contributed by atoms with Crippen LogP contribution in [-0.2, 0) is 6.42 Å². The quantitative estimate of drug-likeness (QED) is 0.579. The lowest BCUT2D eigenvalue weighted by atomic mass is 9.99. The van der Waals surface area contributed by atoms with Gasteiger partial charge in [-0.1, -0.05) is 91.0 Å². The Morgan fingerprint density at radius 1 is 0.682 bits per heavy atom. The van der Waals surface area contributed by atoms with E-state index in [1.54, 1.807) is 0 Å². The van der Waals surface area contributed by atoms with Crippen LogP contribution in [0.25, 0.3) is 0 Å². The molecule has 108 valence electrons. The molecule has 1 unspecified atom stereocenters. The van der Waals surface area contributed by atoms with Crippen molar-refractivity contribution < 1.29 is 0 Å². The lowest BCUT2D eigenvalue weighted by Crippen LogP contribution is -2.01. The molecular weight excluding hydrogens is 266 g/mol. The molecule has 22 heavy (non-hydrogen) atoms. The molecule has 0 saturated heterocycles. The molecule has 0 aliphatic heterocycles. The largest absolute Gasteiger partial charge is 0.284 e. The van der Waals surface area contributed by atoms with Gasteiger partial charge >= 0.3 is 0 Å². The second-order valence-electron chi connectivity index (χ2n) is 5.31. The van der Waals surface area contributed by atoms with Gasteiger partial charge < -0.3 is 0 Å². The minimum Gasteiger partial charge on any atom is -0.284 e. The number of aliphatic imine (C=N–C) groups is 1. The van der Waals surface area contributed by atoms with E-state index in [1.165, 1.54) is 11.1 Å². The first-order valence-electron chi connectivity index (χ1n) is 7.59. The predicted molar refractivity (Wildman–Crippen MR) is 93.4 cm³/mol. The van der Waals surface area contributed by atoms with Crippen LogP contribution >= 0.6 is 0 Å². The summed E-state index contributed by atoms with van der Waals surface area (Å²) in [7, 11) is 0. The minimum absolute atomic E-state index is 0.142. The molecule has 0 bridgehead atoms. The van der Waals surface area contributed by atoms with Crippen molar-refractivity contribution in [3.05, 3.63) is 108 Å². The molecule has 0 spiro atoms. The highest BCUT2D eigenvalue weighted by molar-refractivity contribution is 5.79. The van der Waals surface area contributed by atoms with Crippen LogP contribution in [0.4, 0.5) is 0 Å². The zero-order chi connectivity index (χ0) is 15.0. The summed E-state index contributed by atoms with van der Waals surface area (Å²) in [5, 5.41) is 0. The molecule has 0 aliphatic rings. The predicted octanol–water partition coefficient (Wildman–Crippen LogP) is 5.09. The van der Waals surface area contributed by atoms with Crippen LogP contribution < -0.4 is 0 Å². The van der Waals surface area contributed by atoms with Crippen molar-refractivity contribution in [2.24, 2.45) is 4.99 Å². The molecular formula is C21H19N. The van der Waals surface area contributed by atoms with Crippen molar-refractivity contribution in [3.63, 3.8) is 0 Å². The van der Waals surface area contributed by atoms with Crippen LogP contribution in [0.3, 0.4) is 0 Å². The van der Waals surface area contributed by atoms with Crippen LogP contribution in [0.5, 0.6) is 0 Å². The molecule has 1 nitrogen and oxygen atoms in total. The van der Waals surface area contributed by atoms with E-state index in [9.17, 15) is 0 Å². The second kappa shape index (κ2) is 7.37. The summed E-state index contributed by atoms with van der Waals surface area (Å²) in [6, 6.07) is 31.4. The fourth-order valence-electron chi connectivity index (χ4n) is 2.48. The Morgan fingerprint density at radius 2 is 1.23 bits per heavy atom. The van der Waals surface area contributed by atoms with Gasteiger partial charge in [-0.3, -0.25) is 4.99 Å². The van der Waals surface area contributed by atoms with E-state index in [1.807, 2.05) is 36.5 Å². The molecule has 0 saturated carbocycles. The summed E-state index contributed by atoms with van der Waals surface area (Å²) in [6.07, 6.45) is 2.88. The van der Waals surface area contributed by atoms with E-state index in [4.69, 9.17) is 4.99 Å². The van der Waals surface area contributed by atoms with Gasteiger partial charge in [0.05, 0.1) is 6.04 Å². The molecule has 0 radical (unpaired) electrons. The SMILES string of the molecule is C(=NC(Cc1ccccc1)c1ccccc1)c1ccccc1. The Bertz CT molecular complexity index is 703. The van der Waals surface area contributed by atoms with Crippen LogP contribution in [0.2, 0.25) is 0 Å². The summed E-state index contributed by atoms with van der Waals surface area (Å²) in [4.78, 5) is 4.83. The second-order valence-corrected chi connectivity index (χ2v) is 5.31. The molecule has 3 aromatic carbocycles. The van der Waals surface area contributed by atoms with Gasteiger partial charge in [0.1, 0.15) is 0 Å². The molecule has 0 amide bonds. The number of benzene rings is 3. The van der Waals surface area contributed by atoms with Gasteiger partial charge in [-0.15, -0.1) is 0 Å². The first-order chi connectivity index (χ1) is 10.9. The molecule has 1 atom stereocenters. The van der Waals surface area contributed by atoms with Gasteiger partial charge in [-0.25, -0.2) is 0 Å². The monoisotopic (exact) mass is 285 g/mol. The van der Waals surface area contributed by atoms with E-state index in [2.05, 4.69) is 60.7 Å². The van der Waals surface area contributed by atoms with Crippen LogP contribution in [-0.4, -0.2) is 6.21 Å². The Kier molecular flexibility index (Phi) is 4.78. The lowest BCUT2D eigenvalue weighted by molar-refractivity contribution is 0.728. The zero-order valence-corrected chi connectivity index (χ0v) is 12.5. The minimum atomic E-state index is 0.142. The molecule has 0 heterocycles. The van der Waals surface area contributed by atoms with Crippen molar-refractivity contribution in [3.8, 4) is 0 Å². The first-order valence-corrected chi connectivity index (χ1v) is 7.59. The van der Waals surface area contributed by atoms with Crippen molar-refractivity contribution in [1.29, 1.82) is 0 Å². The highest BCUT2D eigenvalue weighted by Crippen LogP contribution is 2.22. The topological polar surface area (TPSA) is 12.4 Å². The number of hydrogen-bond donors (Lipinski definition) is 0. The lowest BCUT2D eigenvalue weighted by Gasteiger charge is -2.13. The van der Waals surface area contributed by atoms with Crippen molar-refractivity contribution in [2.45, 2.75) is 12.5 Å². The van der Waals surface area contributed by atoms with Gasteiger partial charge in [0, 0.05) is 6.21 Å². The Labute approximate surface area is 132 Å². The molecule has 0 fully saturated rings. The van der Waals surface area contributed by atoms with Gasteiger partial charge in [-0.05, 0) is 23.1 Å². The smallest absolute Gasteiger partial charge is 0.0789 e. The Hall–Kier alpha value is -2.67. The fraction of sp³-hybridized carbons (Fsp3) is 0.0952. The summed E-state index contributed by atoms with van der Waals surface area (Å²) >= 11 is 0. The van der Waals surface area contributed by atoms with Crippen molar-refractivity contribution in [2.75, 3.05) is 0 Å². The average molecular weight is 285 g/mol.